The molecule has 1 aromatic heterocycles. The molecule has 2 aromatic rings. The molecule has 8 nitrogen and oxygen atoms in total. The molecule has 1 aliphatic carbocycles. The highest BCUT2D eigenvalue weighted by molar-refractivity contribution is 6.30. The number of halogens is 1. The lowest BCUT2D eigenvalue weighted by Gasteiger charge is -2.22. The lowest BCUT2D eigenvalue weighted by molar-refractivity contribution is -0.0275. The number of fused-ring (bicyclic) bond motifs is 1. The van der Waals surface area contributed by atoms with E-state index in [9.17, 15) is 15.3 Å². The molecule has 9 heteroatoms. The monoisotopic (exact) mass is 403 g/mol. The number of aliphatic hydroxyl groups is 3. The fraction of sp³-hybridized carbons (Fsp3) is 0.421. The molecular formula is C19H22ClN5O3. The highest BCUT2D eigenvalue weighted by Gasteiger charge is 2.47. The summed E-state index contributed by atoms with van der Waals surface area (Å²) in [5, 5.41) is 41.0. The molecular weight excluding hydrogens is 382 g/mol. The van der Waals surface area contributed by atoms with Gasteiger partial charge in [0.1, 0.15) is 6.10 Å². The van der Waals surface area contributed by atoms with Crippen molar-refractivity contribution in [2.45, 2.75) is 44.1 Å². The van der Waals surface area contributed by atoms with Gasteiger partial charge in [0.2, 0.25) is 0 Å². The van der Waals surface area contributed by atoms with E-state index in [-0.39, 0.29) is 0 Å². The normalized spacial score (nSPS) is 29.2. The maximum absolute atomic E-state index is 10.8. The summed E-state index contributed by atoms with van der Waals surface area (Å²) in [6.45, 7) is 1.83. The molecule has 1 aliphatic heterocycles. The maximum Gasteiger partial charge on any atom is 0.182 e. The first-order chi connectivity index (χ1) is 13.4. The van der Waals surface area contributed by atoms with Crippen molar-refractivity contribution in [3.63, 3.8) is 0 Å². The third kappa shape index (κ3) is 3.02. The second-order valence-corrected chi connectivity index (χ2v) is 7.70. The average Bonchev–Trinajstić information content (AvgIpc) is 3.19. The van der Waals surface area contributed by atoms with Gasteiger partial charge in [-0.2, -0.15) is 10.2 Å². The van der Waals surface area contributed by atoms with Crippen LogP contribution >= 0.6 is 11.6 Å². The Morgan fingerprint density at radius 1 is 1.25 bits per heavy atom. The molecule has 2 aliphatic rings. The Morgan fingerprint density at radius 2 is 1.96 bits per heavy atom. The van der Waals surface area contributed by atoms with Gasteiger partial charge in [-0.15, -0.1) is 0 Å². The van der Waals surface area contributed by atoms with Gasteiger partial charge in [-0.25, -0.2) is 4.99 Å². The lowest BCUT2D eigenvalue weighted by Crippen LogP contribution is -2.32. The number of amidine groups is 1. The Balaban J connectivity index is 1.65. The third-order valence-corrected chi connectivity index (χ3v) is 5.91. The SMILES string of the molecule is Cc1nn([C@@H]2C[C@H]([C@H](O)c3ccc(Cl)cc3)[C@@H](O)[C@H]2O)c2c1/C(=N\N)N=CC2. The summed E-state index contributed by atoms with van der Waals surface area (Å²) in [5.74, 6) is 5.30. The Kier molecular flexibility index (Phi) is 4.96. The minimum atomic E-state index is -1.09. The van der Waals surface area contributed by atoms with Crippen molar-refractivity contribution in [3.05, 3.63) is 51.8 Å². The predicted molar refractivity (Wildman–Crippen MR) is 105 cm³/mol. The number of hydrogen-bond donors (Lipinski definition) is 4. The van der Waals surface area contributed by atoms with Crippen molar-refractivity contribution < 1.29 is 15.3 Å². The van der Waals surface area contributed by atoms with E-state index >= 15 is 0 Å². The van der Waals surface area contributed by atoms with E-state index in [1.807, 2.05) is 6.92 Å². The first-order valence-corrected chi connectivity index (χ1v) is 9.48. The molecule has 1 aromatic carbocycles. The molecule has 5 N–H and O–H groups in total. The summed E-state index contributed by atoms with van der Waals surface area (Å²) >= 11 is 5.91. The van der Waals surface area contributed by atoms with Crippen molar-refractivity contribution >= 4 is 23.7 Å². The smallest absolute Gasteiger partial charge is 0.182 e. The van der Waals surface area contributed by atoms with Crippen LogP contribution in [-0.4, -0.2) is 49.4 Å². The van der Waals surface area contributed by atoms with Crippen molar-refractivity contribution in [1.82, 2.24) is 9.78 Å². The zero-order valence-electron chi connectivity index (χ0n) is 15.3. The van der Waals surface area contributed by atoms with Gasteiger partial charge in [0, 0.05) is 23.6 Å². The molecule has 0 spiro atoms. The quantitative estimate of drug-likeness (QED) is 0.450. The van der Waals surface area contributed by atoms with E-state index < -0.39 is 30.3 Å². The first kappa shape index (κ1) is 19.1. The Labute approximate surface area is 167 Å². The van der Waals surface area contributed by atoms with Gasteiger partial charge in [0.15, 0.2) is 5.84 Å². The fourth-order valence-corrected chi connectivity index (χ4v) is 4.37. The summed E-state index contributed by atoms with van der Waals surface area (Å²) in [7, 11) is 0. The van der Waals surface area contributed by atoms with E-state index in [4.69, 9.17) is 17.4 Å². The van der Waals surface area contributed by atoms with Crippen LogP contribution in [0.15, 0.2) is 34.4 Å². The number of nitrogens with two attached hydrogens (primary N) is 1. The van der Waals surface area contributed by atoms with Crippen LogP contribution < -0.4 is 5.84 Å². The largest absolute Gasteiger partial charge is 0.390 e. The van der Waals surface area contributed by atoms with E-state index in [0.29, 0.717) is 35.0 Å². The highest BCUT2D eigenvalue weighted by Crippen LogP contribution is 2.43. The predicted octanol–water partition coefficient (Wildman–Crippen LogP) is 1.11. The lowest BCUT2D eigenvalue weighted by atomic mass is 9.92. The second-order valence-electron chi connectivity index (χ2n) is 7.26. The van der Waals surface area contributed by atoms with Gasteiger partial charge in [-0.1, -0.05) is 23.7 Å². The van der Waals surface area contributed by atoms with Gasteiger partial charge in [0.25, 0.3) is 0 Å². The molecule has 1 fully saturated rings. The standard InChI is InChI=1S/C19H22ClN5O3/c1-9-15-13(6-7-22-19(15)23-21)25(24-9)14-8-12(17(27)18(14)28)16(26)10-2-4-11(20)5-3-10/h2-5,7,12,14,16-18,26-28H,6,8,21H2,1H3/b23-19+/t12-,14-,16-,17-,18+/m1/s1. The minimum absolute atomic E-state index is 0.367. The van der Waals surface area contributed by atoms with Gasteiger partial charge < -0.3 is 21.2 Å². The molecule has 0 saturated heterocycles. The number of nitrogens with zero attached hydrogens (tertiary/aromatic N) is 4. The van der Waals surface area contributed by atoms with Crippen LogP contribution in [0.3, 0.4) is 0 Å². The molecule has 0 bridgehead atoms. The average molecular weight is 404 g/mol. The molecule has 0 radical (unpaired) electrons. The summed E-state index contributed by atoms with van der Waals surface area (Å²) in [6.07, 6.45) is -0.487. The maximum atomic E-state index is 10.8. The number of aliphatic imine (C=N–C) groups is 1. The number of rotatable bonds is 3. The number of aryl methyl sites for hydroxylation is 1. The number of hydrazone groups is 1. The first-order valence-electron chi connectivity index (χ1n) is 9.10. The molecule has 28 heavy (non-hydrogen) atoms. The molecule has 5 atom stereocenters. The topological polar surface area (TPSA) is 129 Å². The molecule has 4 rings (SSSR count). The van der Waals surface area contributed by atoms with Gasteiger partial charge in [-0.05, 0) is 31.0 Å². The molecule has 2 heterocycles. The molecule has 0 unspecified atom stereocenters. The van der Waals surface area contributed by atoms with Crippen molar-refractivity contribution in [2.24, 2.45) is 21.9 Å². The van der Waals surface area contributed by atoms with Crippen LogP contribution in [-0.2, 0) is 6.42 Å². The van der Waals surface area contributed by atoms with Gasteiger partial charge in [-0.3, -0.25) is 4.68 Å². The Bertz CT molecular complexity index is 940. The Morgan fingerprint density at radius 3 is 2.64 bits per heavy atom. The third-order valence-electron chi connectivity index (χ3n) is 5.66. The number of aromatic nitrogens is 2. The highest BCUT2D eigenvalue weighted by atomic mass is 35.5. The van der Waals surface area contributed by atoms with E-state index in [2.05, 4.69) is 15.2 Å². The number of hydrogen-bond acceptors (Lipinski definition) is 6. The van der Waals surface area contributed by atoms with Crippen molar-refractivity contribution in [3.8, 4) is 0 Å². The zero-order valence-corrected chi connectivity index (χ0v) is 16.0. The number of aliphatic hydroxyl groups excluding tert-OH is 3. The van der Waals surface area contributed by atoms with E-state index in [1.54, 1.807) is 35.2 Å². The summed E-state index contributed by atoms with van der Waals surface area (Å²) in [4.78, 5) is 4.20. The van der Waals surface area contributed by atoms with Crippen LogP contribution in [0, 0.1) is 12.8 Å². The van der Waals surface area contributed by atoms with Crippen molar-refractivity contribution in [1.29, 1.82) is 0 Å². The fourth-order valence-electron chi connectivity index (χ4n) is 4.24. The Hall–Kier alpha value is -2.26. The van der Waals surface area contributed by atoms with Gasteiger partial charge >= 0.3 is 0 Å². The molecule has 0 amide bonds. The summed E-state index contributed by atoms with van der Waals surface area (Å²) < 4.78 is 1.73. The van der Waals surface area contributed by atoms with Crippen LogP contribution in [0.1, 0.15) is 41.1 Å². The molecule has 148 valence electrons. The number of benzene rings is 1. The van der Waals surface area contributed by atoms with E-state index in [1.165, 1.54) is 0 Å². The molecule has 1 saturated carbocycles. The minimum Gasteiger partial charge on any atom is -0.390 e. The van der Waals surface area contributed by atoms with Gasteiger partial charge in [0.05, 0.1) is 35.2 Å². The van der Waals surface area contributed by atoms with Crippen LogP contribution in [0.25, 0.3) is 0 Å². The zero-order chi connectivity index (χ0) is 20.0. The second kappa shape index (κ2) is 7.29. The van der Waals surface area contributed by atoms with Crippen molar-refractivity contribution in [2.75, 3.05) is 0 Å². The van der Waals surface area contributed by atoms with Crippen LogP contribution in [0.2, 0.25) is 5.02 Å². The van der Waals surface area contributed by atoms with Crippen LogP contribution in [0.4, 0.5) is 0 Å². The summed E-state index contributed by atoms with van der Waals surface area (Å²) in [5.41, 5.74) is 2.95. The summed E-state index contributed by atoms with van der Waals surface area (Å²) in [6, 6.07) is 6.35. The van der Waals surface area contributed by atoms with E-state index in [0.717, 1.165) is 11.3 Å². The van der Waals surface area contributed by atoms with Crippen LogP contribution in [0.5, 0.6) is 0 Å².